The quantitative estimate of drug-likeness (QED) is 0.0217. The van der Waals surface area contributed by atoms with Gasteiger partial charge in [0.2, 0.25) is 0 Å². The van der Waals surface area contributed by atoms with E-state index < -0.39 is 93.9 Å². The predicted molar refractivity (Wildman–Crippen MR) is 374 cm³/mol. The molecule has 0 aromatic heterocycles. The molecule has 9 rings (SSSR count). The van der Waals surface area contributed by atoms with Crippen LogP contribution in [0, 0.1) is 0 Å². The van der Waals surface area contributed by atoms with Crippen molar-refractivity contribution in [2.45, 2.75) is 0 Å². The van der Waals surface area contributed by atoms with E-state index in [0.717, 1.165) is 115 Å². The van der Waals surface area contributed by atoms with Crippen LogP contribution in [0.2, 0.25) is 0 Å². The molecule has 0 fully saturated rings. The Bertz CT molecular complexity index is 5100. The zero-order chi connectivity index (χ0) is 88.0. The van der Waals surface area contributed by atoms with E-state index in [1.54, 1.807) is 0 Å². The van der Waals surface area contributed by atoms with Crippen molar-refractivity contribution in [1.29, 1.82) is 0 Å². The molecule has 20 N–H and O–H groups in total. The highest BCUT2D eigenvalue weighted by atomic mass is 16.6. The minimum Gasteiger partial charge on any atom is -0.508 e. The molecule has 0 spiro atoms. The highest BCUT2D eigenvalue weighted by Gasteiger charge is 2.24. The van der Waals surface area contributed by atoms with Gasteiger partial charge in [-0.1, -0.05) is 12.1 Å². The monoisotopic (exact) mass is 1620 g/mol. The van der Waals surface area contributed by atoms with E-state index >= 15 is 0 Å². The van der Waals surface area contributed by atoms with Crippen LogP contribution in [-0.2, 0) is 28.8 Å². The van der Waals surface area contributed by atoms with Gasteiger partial charge in [0.15, 0.2) is 11.5 Å². The van der Waals surface area contributed by atoms with Crippen molar-refractivity contribution in [2.24, 2.45) is 0 Å². The average molecular weight is 1620 g/mol. The first kappa shape index (κ1) is 93.9. The predicted octanol–water partition coefficient (Wildman–Crippen LogP) is 6.39. The smallest absolute Gasteiger partial charge is 0.339 e. The lowest BCUT2D eigenvalue weighted by Crippen LogP contribution is -2.09. The van der Waals surface area contributed by atoms with Gasteiger partial charge in [0.25, 0.3) is 38.8 Å². The van der Waals surface area contributed by atoms with Gasteiger partial charge in [-0.25, -0.2) is 57.5 Å². The average Bonchev–Trinajstić information content (AvgIpc) is 0.808. The SMILES string of the molecule is O=C(O)c1cc(O)cc(O)c1.O=C(O)c1cc(O)ccc1O.O=COc1cc(C(=O)O)c(C(=O)O)cc1OC=O.O=COc1cc(C(=O)O)cc(C(=O)O)c1.O=COc1ccc(-c2ccc(C(=O)O)c(C(=O)O)c2)cc1C(=O)O.O=COc1ccc(C(=O)O)c(C(=O)O)c1.O=COc1ccc(O)c(C(=O)O)c1.Oc1cc(O)cc(O)c1. The second kappa shape index (κ2) is 45.5. The van der Waals surface area contributed by atoms with Gasteiger partial charge < -0.3 is 131 Å². The number of aromatic carboxylic acids is 12. The molecule has 116 heavy (non-hydrogen) atoms. The van der Waals surface area contributed by atoms with Crippen LogP contribution in [-0.4, -0.2) is 213 Å². The van der Waals surface area contributed by atoms with Gasteiger partial charge in [0, 0.05) is 36.4 Å². The van der Waals surface area contributed by atoms with Crippen molar-refractivity contribution >= 4 is 110 Å². The van der Waals surface area contributed by atoms with E-state index in [-0.39, 0.29) is 164 Å². The molecule has 9 aromatic carbocycles. The summed E-state index contributed by atoms with van der Waals surface area (Å²) in [4.78, 5) is 189. The summed E-state index contributed by atoms with van der Waals surface area (Å²) < 4.78 is 26.5. The second-order valence-corrected chi connectivity index (χ2v) is 20.5. The third-order valence-corrected chi connectivity index (χ3v) is 12.9. The summed E-state index contributed by atoms with van der Waals surface area (Å²) in [5, 5.41) is 175. The Labute approximate surface area is 641 Å². The van der Waals surface area contributed by atoms with Gasteiger partial charge in [-0.2, -0.15) is 0 Å². The van der Waals surface area contributed by atoms with Crippen molar-refractivity contribution in [3.8, 4) is 91.6 Å². The Kier molecular flexibility index (Phi) is 36.8. The molecular weight excluding hydrogens is 1570 g/mol. The van der Waals surface area contributed by atoms with E-state index in [1.165, 1.54) is 42.5 Å². The number of hydrogen-bond acceptors (Lipinski definition) is 32. The number of rotatable bonds is 25. The Morgan fingerprint density at radius 1 is 0.198 bits per heavy atom. The fraction of sp³-hybridized carbons (Fsp3) is 0. The summed E-state index contributed by atoms with van der Waals surface area (Å²) in [5.74, 6) is -19.1. The molecule has 9 aromatic rings. The molecule has 0 bridgehead atoms. The maximum Gasteiger partial charge on any atom is 0.339 e. The summed E-state index contributed by atoms with van der Waals surface area (Å²) in [6, 6.07) is 28.8. The molecular formula is C72H52O44. The Morgan fingerprint density at radius 2 is 0.474 bits per heavy atom. The minimum absolute atomic E-state index is 0.0148. The zero-order valence-corrected chi connectivity index (χ0v) is 57.2. The molecule has 0 unspecified atom stereocenters. The first-order valence-corrected chi connectivity index (χ1v) is 29.8. The number of phenolic OH excluding ortho intramolecular Hbond substituents is 6. The second-order valence-electron chi connectivity index (χ2n) is 20.5. The third kappa shape index (κ3) is 30.2. The van der Waals surface area contributed by atoms with Gasteiger partial charge in [0.1, 0.15) is 85.7 Å². The van der Waals surface area contributed by atoms with Gasteiger partial charge >= 0.3 is 71.6 Å². The van der Waals surface area contributed by atoms with E-state index in [9.17, 15) is 86.3 Å². The first-order valence-electron chi connectivity index (χ1n) is 29.8. The molecule has 0 radical (unpaired) electrons. The lowest BCUT2D eigenvalue weighted by Gasteiger charge is -2.09. The summed E-state index contributed by atoms with van der Waals surface area (Å²) in [6.45, 7) is 0.454. The van der Waals surface area contributed by atoms with Gasteiger partial charge in [0.05, 0.1) is 50.1 Å². The van der Waals surface area contributed by atoms with Gasteiger partial charge in [-0.3, -0.25) is 28.8 Å². The molecule has 0 saturated heterocycles. The van der Waals surface area contributed by atoms with E-state index in [4.69, 9.17) is 102 Å². The van der Waals surface area contributed by atoms with Crippen LogP contribution in [0.1, 0.15) is 124 Å². The molecule has 0 aliphatic rings. The Morgan fingerprint density at radius 3 is 0.828 bits per heavy atom. The number of hydrogen-bond donors (Lipinski definition) is 20. The maximum atomic E-state index is 11.2. The van der Waals surface area contributed by atoms with E-state index in [2.05, 4.69) is 28.4 Å². The van der Waals surface area contributed by atoms with Crippen molar-refractivity contribution in [3.63, 3.8) is 0 Å². The van der Waals surface area contributed by atoms with Gasteiger partial charge in [-0.05, 0) is 120 Å². The fourth-order valence-corrected chi connectivity index (χ4v) is 8.11. The number of carbonyl (C=O) groups excluding carboxylic acids is 6. The molecule has 44 heteroatoms. The molecule has 0 amide bonds. The lowest BCUT2D eigenvalue weighted by atomic mass is 9.97. The zero-order valence-electron chi connectivity index (χ0n) is 57.2. The summed E-state index contributed by atoms with van der Waals surface area (Å²) in [7, 11) is 0. The minimum atomic E-state index is -1.53. The van der Waals surface area contributed by atoms with Crippen LogP contribution in [0.5, 0.6) is 80.5 Å². The standard InChI is InChI=1S/C16H10O8.C10H6O8.2C9H6O6.C8H6O5.2C7H6O4.C6H6O3/c17-7-24-13-4-2-9(6-12(13)16(22)23)8-1-3-10(14(18)19)11(5-8)15(20)21;11-3-17-7-1-5(9(13)14)6(10(15)16)2-8(7)18-4-12;10-4-15-7-2-5(8(11)12)1-6(3-7)9(13)14;10-4-15-5-1-2-6(8(11)12)7(3-5)9(13)14;9-4-13-5-1-2-7(10)6(3-5)8(11)12;8-5-1-4(7(10)11)2-6(9)3-5;8-4-1-2-6(9)5(3-4)7(10)11;7-4-1-5(8)3-6(9)2-4/h1-7H,(H,18,19)(H,20,21)(H,22,23);1-4H,(H,13,14)(H,15,16);2*1-4H,(H,11,12)(H,13,14);1-4,10H,(H,11,12);2*1-3,8-9H,(H,10,11);1-3,7-9H. The highest BCUT2D eigenvalue weighted by Crippen LogP contribution is 2.33. The first-order chi connectivity index (χ1) is 54.5. The Hall–Kier alpha value is -18.2. The molecule has 0 aliphatic heterocycles. The van der Waals surface area contributed by atoms with Crippen LogP contribution in [0.15, 0.2) is 158 Å². The molecule has 0 saturated carbocycles. The molecule has 44 nitrogen and oxygen atoms in total. The molecule has 0 atom stereocenters. The molecule has 0 heterocycles. The number of ether oxygens (including phenoxy) is 6. The normalized spacial score (nSPS) is 9.48. The number of phenols is 8. The Balaban J connectivity index is 0.000000457. The number of carboxylic acids is 12. The third-order valence-electron chi connectivity index (χ3n) is 12.9. The van der Waals surface area contributed by atoms with Crippen molar-refractivity contribution in [2.75, 3.05) is 0 Å². The maximum absolute atomic E-state index is 11.2. The largest absolute Gasteiger partial charge is 0.508 e. The summed E-state index contributed by atoms with van der Waals surface area (Å²) in [6.07, 6.45) is 0. The highest BCUT2D eigenvalue weighted by molar-refractivity contribution is 6.05. The summed E-state index contributed by atoms with van der Waals surface area (Å²) in [5.41, 5.74) is -3.72. The number of benzene rings is 9. The van der Waals surface area contributed by atoms with E-state index in [0.29, 0.717) is 11.1 Å². The number of carboxylic acid groups (broad SMARTS) is 12. The molecule has 604 valence electrons. The van der Waals surface area contributed by atoms with Crippen LogP contribution >= 0.6 is 0 Å². The van der Waals surface area contributed by atoms with Crippen molar-refractivity contribution in [3.05, 3.63) is 224 Å². The van der Waals surface area contributed by atoms with Crippen LogP contribution in [0.3, 0.4) is 0 Å². The van der Waals surface area contributed by atoms with Gasteiger partial charge in [-0.15, -0.1) is 0 Å². The van der Waals surface area contributed by atoms with Crippen molar-refractivity contribution in [1.82, 2.24) is 0 Å². The topological polar surface area (TPSA) is 767 Å². The number of aromatic hydroxyl groups is 8. The van der Waals surface area contributed by atoms with Crippen LogP contribution < -0.4 is 28.4 Å². The fourth-order valence-electron chi connectivity index (χ4n) is 8.11. The van der Waals surface area contributed by atoms with Crippen molar-refractivity contribution < 1.29 is 217 Å². The summed E-state index contributed by atoms with van der Waals surface area (Å²) >= 11 is 0. The number of carbonyl (C=O) groups is 18. The van der Waals surface area contributed by atoms with Crippen LogP contribution in [0.4, 0.5) is 0 Å². The van der Waals surface area contributed by atoms with E-state index in [1.807, 2.05) is 0 Å². The molecule has 0 aliphatic carbocycles. The van der Waals surface area contributed by atoms with Crippen LogP contribution in [0.25, 0.3) is 11.1 Å². The lowest BCUT2D eigenvalue weighted by molar-refractivity contribution is -0.123.